The van der Waals surface area contributed by atoms with E-state index >= 15 is 0 Å². The third-order valence-electron chi connectivity index (χ3n) is 5.03. The molecule has 4 rings (SSSR count). The van der Waals surface area contributed by atoms with Crippen LogP contribution in [0, 0.1) is 5.82 Å². The average Bonchev–Trinajstić information content (AvgIpc) is 3.15. The molecule has 3 N–H and O–H groups in total. The van der Waals surface area contributed by atoms with Crippen LogP contribution in [-0.2, 0) is 6.18 Å². The van der Waals surface area contributed by atoms with Gasteiger partial charge in [0.2, 0.25) is 0 Å². The van der Waals surface area contributed by atoms with Crippen molar-refractivity contribution in [2.75, 3.05) is 23.3 Å². The van der Waals surface area contributed by atoms with Gasteiger partial charge in [0, 0.05) is 30.2 Å². The minimum Gasteiger partial charge on any atom is -0.369 e. The van der Waals surface area contributed by atoms with E-state index in [0.29, 0.717) is 42.3 Å². The summed E-state index contributed by atoms with van der Waals surface area (Å²) in [4.78, 5) is 21.7. The number of halogens is 4. The molecule has 1 unspecified atom stereocenters. The van der Waals surface area contributed by atoms with Crippen LogP contribution >= 0.6 is 0 Å². The predicted molar refractivity (Wildman–Crippen MR) is 104 cm³/mol. The van der Waals surface area contributed by atoms with E-state index in [1.54, 1.807) is 23.1 Å². The van der Waals surface area contributed by atoms with E-state index in [0.717, 1.165) is 12.1 Å². The predicted octanol–water partition coefficient (Wildman–Crippen LogP) is 3.58. The summed E-state index contributed by atoms with van der Waals surface area (Å²) in [6.45, 7) is 0.815. The normalized spacial score (nSPS) is 16.8. The molecule has 0 aliphatic carbocycles. The molecule has 30 heavy (non-hydrogen) atoms. The summed E-state index contributed by atoms with van der Waals surface area (Å²) in [5, 5.41) is 3.86. The molecule has 0 bridgehead atoms. The van der Waals surface area contributed by atoms with Crippen molar-refractivity contribution in [1.82, 2.24) is 9.97 Å². The van der Waals surface area contributed by atoms with Crippen LogP contribution in [0.15, 0.2) is 42.7 Å². The Morgan fingerprint density at radius 2 is 2.00 bits per heavy atom. The number of hydrogen-bond donors (Lipinski definition) is 2. The quantitative estimate of drug-likeness (QED) is 0.632. The zero-order chi connectivity index (χ0) is 21.5. The highest BCUT2D eigenvalue weighted by molar-refractivity contribution is 6.06. The number of rotatable bonds is 4. The minimum atomic E-state index is -4.62. The van der Waals surface area contributed by atoms with Gasteiger partial charge in [-0.1, -0.05) is 6.07 Å². The maximum Gasteiger partial charge on any atom is 0.416 e. The number of alkyl halides is 3. The van der Waals surface area contributed by atoms with Crippen LogP contribution in [0.5, 0.6) is 0 Å². The number of fused-ring (bicyclic) bond motifs is 1. The molecule has 1 fully saturated rings. The number of benzene rings is 2. The van der Waals surface area contributed by atoms with Crippen molar-refractivity contribution in [2.24, 2.45) is 5.73 Å². The maximum atomic E-state index is 13.7. The Kier molecular flexibility index (Phi) is 4.92. The first-order valence-electron chi connectivity index (χ1n) is 9.15. The lowest BCUT2D eigenvalue weighted by molar-refractivity contribution is -0.137. The number of amides is 1. The van der Waals surface area contributed by atoms with Gasteiger partial charge < -0.3 is 16.0 Å². The molecule has 1 aliphatic heterocycles. The van der Waals surface area contributed by atoms with Crippen LogP contribution in [0.3, 0.4) is 0 Å². The molecule has 1 atom stereocenters. The van der Waals surface area contributed by atoms with Crippen LogP contribution < -0.4 is 16.0 Å². The van der Waals surface area contributed by atoms with E-state index in [2.05, 4.69) is 15.3 Å². The van der Waals surface area contributed by atoms with Crippen molar-refractivity contribution in [3.05, 3.63) is 59.7 Å². The summed E-state index contributed by atoms with van der Waals surface area (Å²) in [5.74, 6) is -1.05. The Morgan fingerprint density at radius 3 is 2.73 bits per heavy atom. The number of nitrogens with zero attached hydrogens (tertiary/aromatic N) is 3. The van der Waals surface area contributed by atoms with Crippen molar-refractivity contribution >= 4 is 28.3 Å². The lowest BCUT2D eigenvalue weighted by atomic mass is 10.1. The van der Waals surface area contributed by atoms with Crippen LogP contribution in [0.2, 0.25) is 0 Å². The number of carbonyl (C=O) groups is 1. The monoisotopic (exact) mass is 419 g/mol. The molecule has 0 saturated carbocycles. The lowest BCUT2D eigenvalue weighted by Gasteiger charge is -2.21. The molecule has 1 aromatic heterocycles. The topological polar surface area (TPSA) is 84.1 Å². The third-order valence-corrected chi connectivity index (χ3v) is 5.03. The van der Waals surface area contributed by atoms with Crippen LogP contribution in [0.4, 0.5) is 29.1 Å². The number of aromatic nitrogens is 2. The summed E-state index contributed by atoms with van der Waals surface area (Å²) in [6, 6.07) is 7.38. The van der Waals surface area contributed by atoms with Gasteiger partial charge in [0.25, 0.3) is 5.91 Å². The van der Waals surface area contributed by atoms with Crippen molar-refractivity contribution in [3.63, 3.8) is 0 Å². The third kappa shape index (κ3) is 3.85. The molecule has 10 heteroatoms. The van der Waals surface area contributed by atoms with Gasteiger partial charge >= 0.3 is 6.18 Å². The highest BCUT2D eigenvalue weighted by atomic mass is 19.4. The Morgan fingerprint density at radius 1 is 1.20 bits per heavy atom. The summed E-state index contributed by atoms with van der Waals surface area (Å²) in [6.07, 6.45) is -2.70. The van der Waals surface area contributed by atoms with Crippen molar-refractivity contribution < 1.29 is 22.4 Å². The van der Waals surface area contributed by atoms with Crippen molar-refractivity contribution in [1.29, 1.82) is 0 Å². The van der Waals surface area contributed by atoms with Gasteiger partial charge in [-0.15, -0.1) is 0 Å². The smallest absolute Gasteiger partial charge is 0.369 e. The number of para-hydroxylation sites is 1. The van der Waals surface area contributed by atoms with Gasteiger partial charge in [-0.3, -0.25) is 4.79 Å². The average molecular weight is 419 g/mol. The highest BCUT2D eigenvalue weighted by Gasteiger charge is 2.33. The summed E-state index contributed by atoms with van der Waals surface area (Å²) in [7, 11) is 0. The minimum absolute atomic E-state index is 0.141. The van der Waals surface area contributed by atoms with Crippen LogP contribution in [0.25, 0.3) is 10.9 Å². The molecular formula is C20H17F4N5O. The van der Waals surface area contributed by atoms with Crippen molar-refractivity contribution in [3.8, 4) is 0 Å². The molecule has 0 spiro atoms. The van der Waals surface area contributed by atoms with E-state index in [1.165, 1.54) is 6.33 Å². The number of anilines is 2. The number of nitrogens with one attached hydrogen (secondary N) is 1. The molecule has 1 aliphatic rings. The Hall–Kier alpha value is -3.43. The Bertz CT molecular complexity index is 1120. The first-order chi connectivity index (χ1) is 14.2. The highest BCUT2D eigenvalue weighted by Crippen LogP contribution is 2.34. The zero-order valence-corrected chi connectivity index (χ0v) is 15.6. The van der Waals surface area contributed by atoms with Gasteiger partial charge in [0.15, 0.2) is 0 Å². The molecule has 3 aromatic rings. The summed E-state index contributed by atoms with van der Waals surface area (Å²) < 4.78 is 52.7. The Labute approximate surface area is 168 Å². The Balaban J connectivity index is 1.56. The molecule has 1 amide bonds. The SMILES string of the molecule is NC(=O)c1cccc2c(NC3CCN(c4cc(F)cc(C(F)(F)F)c4)C3)ncnc12. The zero-order valence-electron chi connectivity index (χ0n) is 15.6. The lowest BCUT2D eigenvalue weighted by Crippen LogP contribution is -2.27. The summed E-state index contributed by atoms with van der Waals surface area (Å²) >= 11 is 0. The number of carbonyl (C=O) groups excluding carboxylic acids is 1. The summed E-state index contributed by atoms with van der Waals surface area (Å²) in [5.41, 5.74) is 5.23. The molecule has 156 valence electrons. The van der Waals surface area contributed by atoms with E-state index < -0.39 is 23.5 Å². The second kappa shape index (κ2) is 7.43. The second-order valence-corrected chi connectivity index (χ2v) is 7.06. The van der Waals surface area contributed by atoms with E-state index in [-0.39, 0.29) is 17.3 Å². The van der Waals surface area contributed by atoms with Gasteiger partial charge in [0.05, 0.1) is 16.6 Å². The molecule has 0 radical (unpaired) electrons. The molecule has 1 saturated heterocycles. The van der Waals surface area contributed by atoms with Crippen molar-refractivity contribution in [2.45, 2.75) is 18.6 Å². The van der Waals surface area contributed by atoms with Crippen LogP contribution in [-0.4, -0.2) is 35.0 Å². The van der Waals surface area contributed by atoms with Gasteiger partial charge in [0.1, 0.15) is 18.0 Å². The molecule has 6 nitrogen and oxygen atoms in total. The van der Waals surface area contributed by atoms with E-state index in [4.69, 9.17) is 5.73 Å². The molecule has 2 aromatic carbocycles. The number of nitrogens with two attached hydrogens (primary N) is 1. The van der Waals surface area contributed by atoms with Crippen LogP contribution in [0.1, 0.15) is 22.3 Å². The van der Waals surface area contributed by atoms with Gasteiger partial charge in [-0.2, -0.15) is 13.2 Å². The standard InChI is InChI=1S/C20H17F4N5O/c21-12-6-11(20(22,23)24)7-14(8-12)29-5-4-13(9-29)28-19-16-3-1-2-15(18(25)30)17(16)26-10-27-19/h1-3,6-8,10,13H,4-5,9H2,(H2,25,30)(H,26,27,28). The molecular weight excluding hydrogens is 402 g/mol. The fourth-order valence-electron chi connectivity index (χ4n) is 3.63. The number of hydrogen-bond acceptors (Lipinski definition) is 5. The molecule has 2 heterocycles. The van der Waals surface area contributed by atoms with Gasteiger partial charge in [-0.05, 0) is 36.8 Å². The number of primary amides is 1. The fraction of sp³-hybridized carbons (Fsp3) is 0.250. The second-order valence-electron chi connectivity index (χ2n) is 7.06. The van der Waals surface area contributed by atoms with E-state index in [9.17, 15) is 22.4 Å². The van der Waals surface area contributed by atoms with Gasteiger partial charge in [-0.25, -0.2) is 14.4 Å². The first-order valence-corrected chi connectivity index (χ1v) is 9.15. The fourth-order valence-corrected chi connectivity index (χ4v) is 3.63. The largest absolute Gasteiger partial charge is 0.416 e. The first kappa shape index (κ1) is 19.9. The maximum absolute atomic E-state index is 13.7. The van der Waals surface area contributed by atoms with E-state index in [1.807, 2.05) is 0 Å².